The Bertz CT molecular complexity index is 520. The third-order valence-electron chi connectivity index (χ3n) is 2.14. The Balaban J connectivity index is 2.56. The zero-order valence-electron chi connectivity index (χ0n) is 8.57. The fourth-order valence-corrected chi connectivity index (χ4v) is 1.40. The van der Waals surface area contributed by atoms with Gasteiger partial charge in [0.05, 0.1) is 17.6 Å². The summed E-state index contributed by atoms with van der Waals surface area (Å²) < 4.78 is 38.1. The van der Waals surface area contributed by atoms with E-state index in [1.807, 2.05) is 0 Å². The maximum Gasteiger partial charge on any atom is 0.434 e. The van der Waals surface area contributed by atoms with Crippen LogP contribution in [0.5, 0.6) is 0 Å². The molecule has 2 rings (SSSR count). The van der Waals surface area contributed by atoms with Gasteiger partial charge in [0.1, 0.15) is 0 Å². The Morgan fingerprint density at radius 2 is 1.82 bits per heavy atom. The molecule has 6 heteroatoms. The van der Waals surface area contributed by atoms with Crippen LogP contribution >= 0.6 is 0 Å². The molecular formula is C11H8F3N3. The molecule has 2 heterocycles. The predicted molar refractivity (Wildman–Crippen MR) is 56.9 cm³/mol. The van der Waals surface area contributed by atoms with Crippen molar-refractivity contribution < 1.29 is 13.2 Å². The van der Waals surface area contributed by atoms with Crippen molar-refractivity contribution in [3.8, 4) is 11.3 Å². The van der Waals surface area contributed by atoms with Crippen molar-refractivity contribution in [2.45, 2.75) is 6.18 Å². The van der Waals surface area contributed by atoms with Gasteiger partial charge >= 0.3 is 6.18 Å². The number of nitrogen functional groups attached to an aromatic ring is 1. The zero-order chi connectivity index (χ0) is 12.5. The molecule has 0 unspecified atom stereocenters. The Kier molecular flexibility index (Phi) is 2.71. The number of nitrogens with zero attached hydrogens (tertiary/aromatic N) is 2. The minimum atomic E-state index is -4.50. The van der Waals surface area contributed by atoms with Gasteiger partial charge in [-0.1, -0.05) is 0 Å². The van der Waals surface area contributed by atoms with E-state index in [4.69, 9.17) is 5.73 Å². The summed E-state index contributed by atoms with van der Waals surface area (Å²) in [6, 6.07) is 5.69. The first-order chi connectivity index (χ1) is 7.98. The summed E-state index contributed by atoms with van der Waals surface area (Å²) in [5.74, 6) is 0. The van der Waals surface area contributed by atoms with E-state index < -0.39 is 11.9 Å². The highest BCUT2D eigenvalue weighted by atomic mass is 19.4. The molecule has 2 aromatic heterocycles. The molecule has 2 N–H and O–H groups in total. The second-order valence-corrected chi connectivity index (χ2v) is 3.37. The van der Waals surface area contributed by atoms with Crippen LogP contribution in [0.3, 0.4) is 0 Å². The van der Waals surface area contributed by atoms with Gasteiger partial charge < -0.3 is 5.73 Å². The topological polar surface area (TPSA) is 51.8 Å². The molecule has 2 aromatic rings. The van der Waals surface area contributed by atoms with Crippen LogP contribution in [0.1, 0.15) is 5.69 Å². The lowest BCUT2D eigenvalue weighted by Gasteiger charge is -2.10. The Hall–Kier alpha value is -2.11. The lowest BCUT2D eigenvalue weighted by Crippen LogP contribution is -2.10. The molecule has 17 heavy (non-hydrogen) atoms. The van der Waals surface area contributed by atoms with Gasteiger partial charge in [-0.15, -0.1) is 0 Å². The molecule has 0 saturated heterocycles. The number of aromatic nitrogens is 2. The summed E-state index contributed by atoms with van der Waals surface area (Å²) in [7, 11) is 0. The quantitative estimate of drug-likeness (QED) is 0.832. The molecule has 0 saturated carbocycles. The molecule has 0 aliphatic heterocycles. The van der Waals surface area contributed by atoms with Gasteiger partial charge in [-0.05, 0) is 24.3 Å². The highest BCUT2D eigenvalue weighted by molar-refractivity contribution is 5.63. The average Bonchev–Trinajstić information content (AvgIpc) is 2.29. The van der Waals surface area contributed by atoms with Gasteiger partial charge in [0.2, 0.25) is 0 Å². The summed E-state index contributed by atoms with van der Waals surface area (Å²) in [5.41, 5.74) is 5.01. The molecule has 0 spiro atoms. The predicted octanol–water partition coefficient (Wildman–Crippen LogP) is 2.74. The molecule has 0 aliphatic carbocycles. The second kappa shape index (κ2) is 4.04. The minimum absolute atomic E-state index is 0.0556. The maximum absolute atomic E-state index is 12.7. The van der Waals surface area contributed by atoms with Gasteiger partial charge in [0, 0.05) is 11.8 Å². The Morgan fingerprint density at radius 3 is 2.41 bits per heavy atom. The molecule has 0 aromatic carbocycles. The normalized spacial score (nSPS) is 11.5. The van der Waals surface area contributed by atoms with Gasteiger partial charge in [-0.25, -0.2) is 0 Å². The fraction of sp³-hybridized carbons (Fsp3) is 0.0909. The minimum Gasteiger partial charge on any atom is -0.397 e. The van der Waals surface area contributed by atoms with E-state index in [2.05, 4.69) is 9.97 Å². The Labute approximate surface area is 95.1 Å². The third kappa shape index (κ3) is 2.35. The maximum atomic E-state index is 12.7. The van der Waals surface area contributed by atoms with Crippen molar-refractivity contribution >= 4 is 5.69 Å². The number of rotatable bonds is 1. The molecular weight excluding hydrogens is 231 g/mol. The highest BCUT2D eigenvalue weighted by Crippen LogP contribution is 2.34. The van der Waals surface area contributed by atoms with Crippen LogP contribution in [0.25, 0.3) is 11.3 Å². The molecule has 88 valence electrons. The molecule has 0 aliphatic rings. The lowest BCUT2D eigenvalue weighted by atomic mass is 10.1. The van der Waals surface area contributed by atoms with Crippen molar-refractivity contribution in [3.05, 3.63) is 42.4 Å². The summed E-state index contributed by atoms with van der Waals surface area (Å²) in [6.07, 6.45) is -2.09. The standard InChI is InChI=1S/C11H8F3N3/c12-11(13,14)10-8(2-1-5-16-10)9-4-3-7(15)6-17-9/h1-6H,15H2. The van der Waals surface area contributed by atoms with Crippen LogP contribution in [0.15, 0.2) is 36.7 Å². The number of anilines is 1. The van der Waals surface area contributed by atoms with E-state index in [9.17, 15) is 13.2 Å². The van der Waals surface area contributed by atoms with Gasteiger partial charge in [-0.3, -0.25) is 9.97 Å². The Morgan fingerprint density at radius 1 is 1.06 bits per heavy atom. The van der Waals surface area contributed by atoms with Crippen molar-refractivity contribution in [3.63, 3.8) is 0 Å². The largest absolute Gasteiger partial charge is 0.434 e. The summed E-state index contributed by atoms with van der Waals surface area (Å²) in [4.78, 5) is 7.21. The number of nitrogens with two attached hydrogens (primary N) is 1. The number of pyridine rings is 2. The van der Waals surface area contributed by atoms with E-state index in [1.54, 1.807) is 0 Å². The molecule has 0 amide bonds. The van der Waals surface area contributed by atoms with Crippen LogP contribution in [0, 0.1) is 0 Å². The summed E-state index contributed by atoms with van der Waals surface area (Å²) in [6.45, 7) is 0. The highest BCUT2D eigenvalue weighted by Gasteiger charge is 2.35. The van der Waals surface area contributed by atoms with Gasteiger partial charge in [-0.2, -0.15) is 13.2 Å². The summed E-state index contributed by atoms with van der Waals surface area (Å²) in [5, 5.41) is 0. The fourth-order valence-electron chi connectivity index (χ4n) is 1.40. The van der Waals surface area contributed by atoms with Crippen LogP contribution in [0.2, 0.25) is 0 Å². The van der Waals surface area contributed by atoms with E-state index in [0.717, 1.165) is 6.20 Å². The second-order valence-electron chi connectivity index (χ2n) is 3.37. The van der Waals surface area contributed by atoms with E-state index in [-0.39, 0.29) is 11.3 Å². The van der Waals surface area contributed by atoms with Crippen molar-refractivity contribution in [1.29, 1.82) is 0 Å². The van der Waals surface area contributed by atoms with Crippen LogP contribution in [-0.4, -0.2) is 9.97 Å². The molecule has 3 nitrogen and oxygen atoms in total. The van der Waals surface area contributed by atoms with E-state index >= 15 is 0 Å². The van der Waals surface area contributed by atoms with Crippen LogP contribution in [0.4, 0.5) is 18.9 Å². The molecule has 0 radical (unpaired) electrons. The molecule has 0 fully saturated rings. The summed E-state index contributed by atoms with van der Waals surface area (Å²) >= 11 is 0. The van der Waals surface area contributed by atoms with E-state index in [1.165, 1.54) is 30.5 Å². The van der Waals surface area contributed by atoms with Gasteiger partial charge in [0.25, 0.3) is 0 Å². The molecule has 0 bridgehead atoms. The number of hydrogen-bond donors (Lipinski definition) is 1. The smallest absolute Gasteiger partial charge is 0.397 e. The van der Waals surface area contributed by atoms with Gasteiger partial charge in [0.15, 0.2) is 5.69 Å². The SMILES string of the molecule is Nc1ccc(-c2cccnc2C(F)(F)F)nc1. The molecule has 0 atom stereocenters. The lowest BCUT2D eigenvalue weighted by molar-refractivity contribution is -0.140. The number of hydrogen-bond acceptors (Lipinski definition) is 3. The zero-order valence-corrected chi connectivity index (χ0v) is 8.57. The van der Waals surface area contributed by atoms with Crippen LogP contribution in [-0.2, 0) is 6.18 Å². The third-order valence-corrected chi connectivity index (χ3v) is 2.14. The number of halogens is 3. The number of alkyl halides is 3. The first-order valence-corrected chi connectivity index (χ1v) is 4.72. The van der Waals surface area contributed by atoms with E-state index in [0.29, 0.717) is 5.69 Å². The first-order valence-electron chi connectivity index (χ1n) is 4.72. The average molecular weight is 239 g/mol. The van der Waals surface area contributed by atoms with Crippen molar-refractivity contribution in [2.24, 2.45) is 0 Å². The van der Waals surface area contributed by atoms with Crippen molar-refractivity contribution in [1.82, 2.24) is 9.97 Å². The van der Waals surface area contributed by atoms with Crippen LogP contribution < -0.4 is 5.73 Å². The first kappa shape index (κ1) is 11.4. The van der Waals surface area contributed by atoms with Crippen molar-refractivity contribution in [2.75, 3.05) is 5.73 Å². The monoisotopic (exact) mass is 239 g/mol.